The Morgan fingerprint density at radius 1 is 0.895 bits per heavy atom. The molecule has 0 unspecified atom stereocenters. The second-order valence-electron chi connectivity index (χ2n) is 8.45. The zero-order chi connectivity index (χ0) is 27.2. The van der Waals surface area contributed by atoms with Gasteiger partial charge in [-0.15, -0.1) is 0 Å². The van der Waals surface area contributed by atoms with Crippen LogP contribution in [0.25, 0.3) is 0 Å². The van der Waals surface area contributed by atoms with Gasteiger partial charge in [0.25, 0.3) is 17.7 Å². The Bertz CT molecular complexity index is 1430. The fourth-order valence-corrected chi connectivity index (χ4v) is 4.15. The predicted molar refractivity (Wildman–Crippen MR) is 146 cm³/mol. The average molecular weight is 532 g/mol. The maximum atomic E-state index is 13.2. The molecule has 0 radical (unpaired) electrons. The summed E-state index contributed by atoms with van der Waals surface area (Å²) >= 11 is 6.26. The number of hydrogen-bond donors (Lipinski definition) is 2. The van der Waals surface area contributed by atoms with Crippen LogP contribution in [-0.4, -0.2) is 30.3 Å². The number of nitrogens with one attached hydrogen (secondary N) is 2. The lowest BCUT2D eigenvalue weighted by Crippen LogP contribution is -2.33. The van der Waals surface area contributed by atoms with E-state index in [2.05, 4.69) is 10.6 Å². The highest BCUT2D eigenvalue weighted by Crippen LogP contribution is 2.32. The molecule has 1 aliphatic rings. The number of benzene rings is 3. The first-order valence-corrected chi connectivity index (χ1v) is 12.5. The number of ether oxygens (including phenoxy) is 1. The summed E-state index contributed by atoms with van der Waals surface area (Å²) in [7, 11) is 0. The molecule has 38 heavy (non-hydrogen) atoms. The van der Waals surface area contributed by atoms with Gasteiger partial charge in [0, 0.05) is 16.9 Å². The Morgan fingerprint density at radius 2 is 1.58 bits per heavy atom. The number of halogens is 1. The van der Waals surface area contributed by atoms with Crippen molar-refractivity contribution in [3.8, 4) is 0 Å². The molecule has 0 saturated heterocycles. The Hall–Kier alpha value is -4.43. The van der Waals surface area contributed by atoms with Crippen LogP contribution in [0.2, 0.25) is 0 Å². The van der Waals surface area contributed by atoms with E-state index in [9.17, 15) is 19.2 Å². The van der Waals surface area contributed by atoms with Crippen LogP contribution in [0.1, 0.15) is 46.5 Å². The molecular formula is C29H26ClN3O5. The first kappa shape index (κ1) is 26.6. The molecule has 0 bridgehead atoms. The minimum atomic E-state index is -0.763. The molecule has 0 aromatic heterocycles. The van der Waals surface area contributed by atoms with Gasteiger partial charge in [0.1, 0.15) is 10.7 Å². The third-order valence-corrected chi connectivity index (χ3v) is 6.24. The lowest BCUT2D eigenvalue weighted by Gasteiger charge is -2.18. The first-order chi connectivity index (χ1) is 18.3. The second-order valence-corrected chi connectivity index (χ2v) is 8.83. The van der Waals surface area contributed by atoms with E-state index in [1.54, 1.807) is 36.4 Å². The Morgan fingerprint density at radius 3 is 2.29 bits per heavy atom. The number of hydrogen-bond acceptors (Lipinski definition) is 6. The Balaban J connectivity index is 1.50. The van der Waals surface area contributed by atoms with E-state index < -0.39 is 17.8 Å². The number of para-hydroxylation sites is 2. The van der Waals surface area contributed by atoms with Crippen molar-refractivity contribution < 1.29 is 23.9 Å². The highest BCUT2D eigenvalue weighted by atomic mass is 35.5. The fraction of sp³-hybridized carbons (Fsp3) is 0.172. The SMILES string of the molecule is CCCOC(=O)c1ccccc1N1C(=O)C(Cl)=C(Nc2ccc(C(=O)Nc3ccccc3CC)cc2)C1=O. The van der Waals surface area contributed by atoms with Gasteiger partial charge >= 0.3 is 5.97 Å². The van der Waals surface area contributed by atoms with Crippen LogP contribution in [-0.2, 0) is 20.7 Å². The van der Waals surface area contributed by atoms with Gasteiger partial charge in [-0.2, -0.15) is 0 Å². The number of imide groups is 1. The summed E-state index contributed by atoms with van der Waals surface area (Å²) < 4.78 is 5.20. The van der Waals surface area contributed by atoms with Crippen molar-refractivity contribution in [3.05, 3.63) is 100 Å². The molecule has 4 rings (SSSR count). The molecule has 1 heterocycles. The van der Waals surface area contributed by atoms with Crippen LogP contribution >= 0.6 is 11.6 Å². The van der Waals surface area contributed by atoms with Crippen molar-refractivity contribution in [1.29, 1.82) is 0 Å². The molecule has 194 valence electrons. The van der Waals surface area contributed by atoms with E-state index in [0.29, 0.717) is 17.7 Å². The molecular weight excluding hydrogens is 506 g/mol. The normalized spacial score (nSPS) is 13.1. The van der Waals surface area contributed by atoms with Gasteiger partial charge in [-0.3, -0.25) is 14.4 Å². The molecule has 9 heteroatoms. The van der Waals surface area contributed by atoms with Gasteiger partial charge in [-0.25, -0.2) is 9.69 Å². The number of esters is 1. The highest BCUT2D eigenvalue weighted by molar-refractivity contribution is 6.53. The summed E-state index contributed by atoms with van der Waals surface area (Å²) in [6.45, 7) is 4.08. The molecule has 3 aromatic rings. The quantitative estimate of drug-likeness (QED) is 0.279. The first-order valence-electron chi connectivity index (χ1n) is 12.2. The minimum Gasteiger partial charge on any atom is -0.462 e. The van der Waals surface area contributed by atoms with Crippen molar-refractivity contribution in [2.45, 2.75) is 26.7 Å². The van der Waals surface area contributed by atoms with Crippen LogP contribution in [0.3, 0.4) is 0 Å². The molecule has 8 nitrogen and oxygen atoms in total. The molecule has 0 atom stereocenters. The third-order valence-electron chi connectivity index (χ3n) is 5.89. The van der Waals surface area contributed by atoms with Gasteiger partial charge in [0.05, 0.1) is 17.9 Å². The van der Waals surface area contributed by atoms with Crippen molar-refractivity contribution in [1.82, 2.24) is 0 Å². The fourth-order valence-electron chi connectivity index (χ4n) is 3.94. The summed E-state index contributed by atoms with van der Waals surface area (Å²) in [5, 5.41) is 5.47. The van der Waals surface area contributed by atoms with E-state index in [0.717, 1.165) is 22.6 Å². The third kappa shape index (κ3) is 5.45. The average Bonchev–Trinajstić information content (AvgIpc) is 3.15. The van der Waals surface area contributed by atoms with Gasteiger partial charge < -0.3 is 15.4 Å². The van der Waals surface area contributed by atoms with E-state index in [1.165, 1.54) is 12.1 Å². The lowest BCUT2D eigenvalue weighted by atomic mass is 10.1. The molecule has 0 spiro atoms. The van der Waals surface area contributed by atoms with Crippen LogP contribution in [0.4, 0.5) is 17.1 Å². The molecule has 0 saturated carbocycles. The van der Waals surface area contributed by atoms with E-state index in [1.807, 2.05) is 38.1 Å². The van der Waals surface area contributed by atoms with E-state index in [-0.39, 0.29) is 34.5 Å². The zero-order valence-electron chi connectivity index (χ0n) is 20.9. The highest BCUT2D eigenvalue weighted by Gasteiger charge is 2.40. The van der Waals surface area contributed by atoms with Gasteiger partial charge in [-0.05, 0) is 60.9 Å². The molecule has 0 aliphatic carbocycles. The summed E-state index contributed by atoms with van der Waals surface area (Å²) in [6.07, 6.45) is 1.41. The number of nitrogens with zero attached hydrogens (tertiary/aromatic N) is 1. The van der Waals surface area contributed by atoms with Crippen LogP contribution in [0.15, 0.2) is 83.5 Å². The number of aryl methyl sites for hydroxylation is 1. The van der Waals surface area contributed by atoms with E-state index >= 15 is 0 Å². The second kappa shape index (κ2) is 11.7. The summed E-state index contributed by atoms with van der Waals surface area (Å²) in [4.78, 5) is 52.3. The summed E-state index contributed by atoms with van der Waals surface area (Å²) in [5.41, 5.74) is 2.65. The maximum Gasteiger partial charge on any atom is 0.340 e. The van der Waals surface area contributed by atoms with Crippen molar-refractivity contribution in [3.63, 3.8) is 0 Å². The predicted octanol–water partition coefficient (Wildman–Crippen LogP) is 5.50. The Labute approximate surface area is 225 Å². The number of carbonyl (C=O) groups is 4. The number of rotatable bonds is 9. The number of amides is 3. The summed E-state index contributed by atoms with van der Waals surface area (Å²) in [5.74, 6) is -2.40. The van der Waals surface area contributed by atoms with Gasteiger partial charge in [0.2, 0.25) is 0 Å². The molecule has 2 N–H and O–H groups in total. The largest absolute Gasteiger partial charge is 0.462 e. The van der Waals surface area contributed by atoms with Crippen molar-refractivity contribution in [2.75, 3.05) is 22.1 Å². The van der Waals surface area contributed by atoms with Crippen LogP contribution in [0.5, 0.6) is 0 Å². The topological polar surface area (TPSA) is 105 Å². The summed E-state index contributed by atoms with van der Waals surface area (Å²) in [6, 6.07) is 20.2. The molecule has 0 fully saturated rings. The molecule has 3 aromatic carbocycles. The Kier molecular flexibility index (Phi) is 8.23. The smallest absolute Gasteiger partial charge is 0.340 e. The number of anilines is 3. The molecule has 3 amide bonds. The number of carbonyl (C=O) groups excluding carboxylic acids is 4. The molecule has 1 aliphatic heterocycles. The van der Waals surface area contributed by atoms with E-state index in [4.69, 9.17) is 16.3 Å². The zero-order valence-corrected chi connectivity index (χ0v) is 21.7. The monoisotopic (exact) mass is 531 g/mol. The van der Waals surface area contributed by atoms with Crippen LogP contribution < -0.4 is 15.5 Å². The standard InChI is InChI=1S/C29H26ClN3O5/c1-3-17-38-29(37)21-10-6-8-12-23(21)33-27(35)24(30)25(28(33)36)31-20-15-13-19(14-16-20)26(34)32-22-11-7-5-9-18(22)4-2/h5-16,31H,3-4,17H2,1-2H3,(H,32,34). The van der Waals surface area contributed by atoms with Crippen molar-refractivity contribution in [2.24, 2.45) is 0 Å². The lowest BCUT2D eigenvalue weighted by molar-refractivity contribution is -0.120. The van der Waals surface area contributed by atoms with Gasteiger partial charge in [0.15, 0.2) is 0 Å². The van der Waals surface area contributed by atoms with Crippen molar-refractivity contribution >= 4 is 52.4 Å². The maximum absolute atomic E-state index is 13.2. The minimum absolute atomic E-state index is 0.0772. The van der Waals surface area contributed by atoms with Crippen LogP contribution in [0, 0.1) is 0 Å². The van der Waals surface area contributed by atoms with Gasteiger partial charge in [-0.1, -0.05) is 55.8 Å².